The minimum Gasteiger partial charge on any atom is -0.497 e. The zero-order valence-electron chi connectivity index (χ0n) is 15.0. The molecule has 2 rings (SSSR count). The summed E-state index contributed by atoms with van der Waals surface area (Å²) in [5.74, 6) is 0.535. The Hall–Kier alpha value is -2.57. The third-order valence-electron chi connectivity index (χ3n) is 4.38. The molecule has 25 heavy (non-hydrogen) atoms. The van der Waals surface area contributed by atoms with Gasteiger partial charge in [0.25, 0.3) is 0 Å². The summed E-state index contributed by atoms with van der Waals surface area (Å²) in [4.78, 5) is 40.7. The second-order valence-electron chi connectivity index (χ2n) is 6.11. The van der Waals surface area contributed by atoms with Crippen LogP contribution in [-0.2, 0) is 20.9 Å². The number of ether oxygens (including phenoxy) is 1. The van der Waals surface area contributed by atoms with Gasteiger partial charge in [0.15, 0.2) is 0 Å². The maximum Gasteiger partial charge on any atom is 0.242 e. The molecule has 1 aromatic carbocycles. The first kappa shape index (κ1) is 18.8. The first-order valence-electron chi connectivity index (χ1n) is 8.32. The molecule has 3 amide bonds. The highest BCUT2D eigenvalue weighted by Crippen LogP contribution is 2.13. The van der Waals surface area contributed by atoms with Crippen molar-refractivity contribution in [2.75, 3.05) is 39.8 Å². The monoisotopic (exact) mass is 347 g/mol. The van der Waals surface area contributed by atoms with E-state index in [1.165, 1.54) is 18.7 Å². The first-order valence-corrected chi connectivity index (χ1v) is 8.32. The Morgan fingerprint density at radius 1 is 1.00 bits per heavy atom. The van der Waals surface area contributed by atoms with Gasteiger partial charge >= 0.3 is 0 Å². The van der Waals surface area contributed by atoms with Gasteiger partial charge in [-0.15, -0.1) is 0 Å². The Bertz CT molecular complexity index is 622. The Labute approximate surface area is 148 Å². The van der Waals surface area contributed by atoms with E-state index in [4.69, 9.17) is 4.74 Å². The average molecular weight is 347 g/mol. The Morgan fingerprint density at radius 3 is 2.04 bits per heavy atom. The normalized spacial score (nSPS) is 14.2. The number of piperazine rings is 1. The van der Waals surface area contributed by atoms with E-state index in [1.54, 1.807) is 16.9 Å². The van der Waals surface area contributed by atoms with Gasteiger partial charge in [0, 0.05) is 46.6 Å². The summed E-state index contributed by atoms with van der Waals surface area (Å²) in [5, 5.41) is 0. The molecule has 0 atom stereocenters. The van der Waals surface area contributed by atoms with Crippen LogP contribution in [-0.4, -0.2) is 72.3 Å². The van der Waals surface area contributed by atoms with E-state index in [1.807, 2.05) is 24.3 Å². The van der Waals surface area contributed by atoms with E-state index < -0.39 is 0 Å². The molecule has 7 nitrogen and oxygen atoms in total. The summed E-state index contributed by atoms with van der Waals surface area (Å²) in [5.41, 5.74) is 0.935. The highest BCUT2D eigenvalue weighted by molar-refractivity contribution is 5.84. The number of rotatable bonds is 5. The lowest BCUT2D eigenvalue weighted by Crippen LogP contribution is -2.52. The van der Waals surface area contributed by atoms with E-state index in [0.717, 1.165) is 11.3 Å². The fraction of sp³-hybridized carbons (Fsp3) is 0.500. The van der Waals surface area contributed by atoms with Gasteiger partial charge in [0.2, 0.25) is 17.7 Å². The number of carbonyl (C=O) groups excluding carboxylic acids is 3. The van der Waals surface area contributed by atoms with Gasteiger partial charge in [-0.2, -0.15) is 0 Å². The molecule has 0 radical (unpaired) electrons. The largest absolute Gasteiger partial charge is 0.497 e. The SMILES string of the molecule is COc1ccc(CN(CC(=O)N2CCN(C(C)=O)CC2)C(C)=O)cc1. The summed E-state index contributed by atoms with van der Waals surface area (Å²) < 4.78 is 5.12. The van der Waals surface area contributed by atoms with Crippen LogP contribution in [0.3, 0.4) is 0 Å². The smallest absolute Gasteiger partial charge is 0.242 e. The van der Waals surface area contributed by atoms with Crippen LogP contribution in [0.15, 0.2) is 24.3 Å². The van der Waals surface area contributed by atoms with Crippen LogP contribution >= 0.6 is 0 Å². The summed E-state index contributed by atoms with van der Waals surface area (Å²) in [6.45, 7) is 5.51. The standard InChI is InChI=1S/C18H25N3O4/c1-14(22)19-8-10-20(11-9-19)18(24)13-21(15(2)23)12-16-4-6-17(25-3)7-5-16/h4-7H,8-13H2,1-3H3. The number of hydrogen-bond donors (Lipinski definition) is 0. The van der Waals surface area contributed by atoms with Crippen molar-refractivity contribution in [3.8, 4) is 5.75 Å². The van der Waals surface area contributed by atoms with Crippen molar-refractivity contribution in [1.29, 1.82) is 0 Å². The summed E-state index contributed by atoms with van der Waals surface area (Å²) >= 11 is 0. The highest BCUT2D eigenvalue weighted by Gasteiger charge is 2.24. The Balaban J connectivity index is 1.93. The fourth-order valence-corrected chi connectivity index (χ4v) is 2.76. The predicted octanol–water partition coefficient (Wildman–Crippen LogP) is 0.734. The molecule has 1 saturated heterocycles. The second-order valence-corrected chi connectivity index (χ2v) is 6.11. The number of hydrogen-bond acceptors (Lipinski definition) is 4. The maximum absolute atomic E-state index is 12.5. The summed E-state index contributed by atoms with van der Waals surface area (Å²) in [6, 6.07) is 7.42. The zero-order chi connectivity index (χ0) is 18.4. The van der Waals surface area contributed by atoms with Gasteiger partial charge in [-0.3, -0.25) is 14.4 Å². The third kappa shape index (κ3) is 5.20. The van der Waals surface area contributed by atoms with Crippen molar-refractivity contribution in [2.24, 2.45) is 0 Å². The van der Waals surface area contributed by atoms with E-state index in [2.05, 4.69) is 0 Å². The van der Waals surface area contributed by atoms with Crippen molar-refractivity contribution >= 4 is 17.7 Å². The van der Waals surface area contributed by atoms with E-state index in [-0.39, 0.29) is 24.3 Å². The Kier molecular flexibility index (Phi) is 6.38. The molecule has 0 saturated carbocycles. The van der Waals surface area contributed by atoms with Gasteiger partial charge in [0.1, 0.15) is 12.3 Å². The van der Waals surface area contributed by atoms with E-state index in [0.29, 0.717) is 32.7 Å². The lowest BCUT2D eigenvalue weighted by atomic mass is 10.2. The quantitative estimate of drug-likeness (QED) is 0.788. The van der Waals surface area contributed by atoms with Crippen LogP contribution in [0, 0.1) is 0 Å². The molecule has 0 bridgehead atoms. The molecule has 0 aliphatic carbocycles. The van der Waals surface area contributed by atoms with E-state index >= 15 is 0 Å². The molecule has 136 valence electrons. The predicted molar refractivity (Wildman–Crippen MR) is 92.9 cm³/mol. The van der Waals surface area contributed by atoms with E-state index in [9.17, 15) is 14.4 Å². The first-order chi connectivity index (χ1) is 11.9. The van der Waals surface area contributed by atoms with Crippen LogP contribution < -0.4 is 4.74 Å². The number of amides is 3. The number of carbonyl (C=O) groups is 3. The van der Waals surface area contributed by atoms with Crippen LogP contribution in [0.2, 0.25) is 0 Å². The molecule has 0 spiro atoms. The molecular weight excluding hydrogens is 322 g/mol. The number of benzene rings is 1. The minimum atomic E-state index is -0.147. The molecule has 0 aromatic heterocycles. The molecular formula is C18H25N3O4. The van der Waals surface area contributed by atoms with Gasteiger partial charge < -0.3 is 19.4 Å². The molecule has 0 unspecified atom stereocenters. The van der Waals surface area contributed by atoms with Gasteiger partial charge in [-0.1, -0.05) is 12.1 Å². The van der Waals surface area contributed by atoms with Crippen LogP contribution in [0.25, 0.3) is 0 Å². The molecule has 1 heterocycles. The summed E-state index contributed by atoms with van der Waals surface area (Å²) in [6.07, 6.45) is 0. The van der Waals surface area contributed by atoms with Gasteiger partial charge in [-0.05, 0) is 17.7 Å². The lowest BCUT2D eigenvalue weighted by Gasteiger charge is -2.35. The molecule has 1 fully saturated rings. The van der Waals surface area contributed by atoms with Crippen molar-refractivity contribution in [1.82, 2.24) is 14.7 Å². The molecule has 1 aromatic rings. The van der Waals surface area contributed by atoms with Crippen LogP contribution in [0.4, 0.5) is 0 Å². The molecule has 7 heteroatoms. The fourth-order valence-electron chi connectivity index (χ4n) is 2.76. The van der Waals surface area contributed by atoms with Gasteiger partial charge in [0.05, 0.1) is 7.11 Å². The molecule has 0 N–H and O–H groups in total. The van der Waals surface area contributed by atoms with Gasteiger partial charge in [-0.25, -0.2) is 0 Å². The highest BCUT2D eigenvalue weighted by atomic mass is 16.5. The van der Waals surface area contributed by atoms with Crippen LogP contribution in [0.5, 0.6) is 5.75 Å². The minimum absolute atomic E-state index is 0.0250. The van der Waals surface area contributed by atoms with Crippen LogP contribution in [0.1, 0.15) is 19.4 Å². The van der Waals surface area contributed by atoms with Crippen molar-refractivity contribution in [2.45, 2.75) is 20.4 Å². The van der Waals surface area contributed by atoms with Crippen molar-refractivity contribution in [3.05, 3.63) is 29.8 Å². The topological polar surface area (TPSA) is 70.2 Å². The Morgan fingerprint density at radius 2 is 1.56 bits per heavy atom. The van der Waals surface area contributed by atoms with Crippen molar-refractivity contribution < 1.29 is 19.1 Å². The number of methoxy groups -OCH3 is 1. The second kappa shape index (κ2) is 8.50. The third-order valence-corrected chi connectivity index (χ3v) is 4.38. The maximum atomic E-state index is 12.5. The number of nitrogens with zero attached hydrogens (tertiary/aromatic N) is 3. The summed E-state index contributed by atoms with van der Waals surface area (Å²) in [7, 11) is 1.60. The molecule has 1 aliphatic rings. The van der Waals surface area contributed by atoms with Crippen molar-refractivity contribution in [3.63, 3.8) is 0 Å². The lowest BCUT2D eigenvalue weighted by molar-refractivity contribution is -0.142. The molecule has 1 aliphatic heterocycles. The zero-order valence-corrected chi connectivity index (χ0v) is 15.0. The average Bonchev–Trinajstić information content (AvgIpc) is 2.61.